The summed E-state index contributed by atoms with van der Waals surface area (Å²) in [7, 11) is 7.65. The monoisotopic (exact) mass is 448 g/mol. The highest BCUT2D eigenvalue weighted by Crippen LogP contribution is 1.80. The van der Waals surface area contributed by atoms with E-state index in [0.717, 1.165) is 0 Å². The van der Waals surface area contributed by atoms with E-state index in [1.807, 2.05) is 136 Å². The molecule has 0 aliphatic rings. The summed E-state index contributed by atoms with van der Waals surface area (Å²) in [6.07, 6.45) is 16.2. The van der Waals surface area contributed by atoms with Gasteiger partial charge in [-0.25, -0.2) is 9.97 Å². The average molecular weight is 449 g/mol. The zero-order valence-electron chi connectivity index (χ0n) is 22.5. The molecule has 184 valence electrons. The van der Waals surface area contributed by atoms with Gasteiger partial charge in [0.15, 0.2) is 0 Å². The van der Waals surface area contributed by atoms with Crippen LogP contribution in [0, 0.1) is 0 Å². The first-order chi connectivity index (χ1) is 15.6. The fourth-order valence-electron chi connectivity index (χ4n) is 1.36. The van der Waals surface area contributed by atoms with Gasteiger partial charge >= 0.3 is 0 Å². The summed E-state index contributed by atoms with van der Waals surface area (Å²) in [6, 6.07) is 5.89. The molecule has 0 saturated carbocycles. The molecule has 0 N–H and O–H groups in total. The summed E-state index contributed by atoms with van der Waals surface area (Å²) >= 11 is 0. The van der Waals surface area contributed by atoms with Crippen LogP contribution in [0.5, 0.6) is 0 Å². The summed E-state index contributed by atoms with van der Waals surface area (Å²) in [5.74, 6) is 0. The van der Waals surface area contributed by atoms with Crippen molar-refractivity contribution in [1.29, 1.82) is 0 Å². The zero-order chi connectivity index (χ0) is 25.6. The Kier molecular flexibility index (Phi) is 36.8. The molecule has 0 amide bonds. The van der Waals surface area contributed by atoms with Crippen LogP contribution in [0.15, 0.2) is 74.4 Å². The predicted molar refractivity (Wildman–Crippen MR) is 138 cm³/mol. The molecule has 32 heavy (non-hydrogen) atoms. The van der Waals surface area contributed by atoms with Gasteiger partial charge in [0.05, 0.1) is 6.33 Å². The molecule has 0 fully saturated rings. The van der Waals surface area contributed by atoms with Crippen LogP contribution >= 0.6 is 0 Å². The summed E-state index contributed by atoms with van der Waals surface area (Å²) in [6.45, 7) is 16.0. The van der Waals surface area contributed by atoms with Crippen LogP contribution in [-0.4, -0.2) is 38.7 Å². The first-order valence-corrected chi connectivity index (χ1v) is 11.3. The van der Waals surface area contributed by atoms with Crippen molar-refractivity contribution in [3.05, 3.63) is 74.4 Å². The highest BCUT2D eigenvalue weighted by Gasteiger charge is 1.71. The van der Waals surface area contributed by atoms with Crippen molar-refractivity contribution < 1.29 is 0 Å². The third-order valence-electron chi connectivity index (χ3n) is 2.56. The molecule has 8 nitrogen and oxygen atoms in total. The van der Waals surface area contributed by atoms with E-state index >= 15 is 0 Å². The second kappa shape index (κ2) is 32.5. The molecule has 4 rings (SSSR count). The number of hydrogen-bond donors (Lipinski definition) is 0. The third kappa shape index (κ3) is 29.0. The van der Waals surface area contributed by atoms with E-state index in [9.17, 15) is 0 Å². The molecule has 0 aromatic carbocycles. The number of aromatic nitrogens is 8. The maximum absolute atomic E-state index is 3.83. The fourth-order valence-corrected chi connectivity index (χ4v) is 1.36. The Hall–Kier alpha value is -3.16. The lowest BCUT2D eigenvalue weighted by Gasteiger charge is -1.79. The van der Waals surface area contributed by atoms with Crippen LogP contribution in [-0.2, 0) is 28.2 Å². The molecule has 0 unspecified atom stereocenters. The van der Waals surface area contributed by atoms with Crippen molar-refractivity contribution in [2.75, 3.05) is 0 Å². The minimum Gasteiger partial charge on any atom is -0.357 e. The Balaban J connectivity index is -0.000000148. The topological polar surface area (TPSA) is 71.3 Å². The molecule has 0 atom stereocenters. The summed E-state index contributed by atoms with van der Waals surface area (Å²) < 4.78 is 7.28. The van der Waals surface area contributed by atoms with Crippen LogP contribution in [0.3, 0.4) is 0 Å². The standard InChI is InChI=1S/C5H7N.2C4H6N2.C3H5N3.4C2H6/c1-6-4-2-3-5-6;1-6-3-2-5-4-6;1-6-4-2-3-5-6;1-6-3-4-2-5-6;4*1-2/h2-5H,1H3;2*2-4H,1H3;2-3H,1H3;4*1-2H3. The SMILES string of the molecule is CC.CC.CC.CC.Cn1cccc1.Cn1cccn1.Cn1ccnc1.Cn1cncn1. The van der Waals surface area contributed by atoms with E-state index in [1.165, 1.54) is 6.33 Å². The van der Waals surface area contributed by atoms with Gasteiger partial charge in [-0.3, -0.25) is 9.36 Å². The highest BCUT2D eigenvalue weighted by molar-refractivity contribution is 4.88. The van der Waals surface area contributed by atoms with Crippen molar-refractivity contribution in [2.45, 2.75) is 55.4 Å². The van der Waals surface area contributed by atoms with E-state index < -0.39 is 0 Å². The normalized spacial score (nSPS) is 7.38. The predicted octanol–water partition coefficient (Wildman–Crippen LogP) is 5.79. The van der Waals surface area contributed by atoms with Crippen molar-refractivity contribution >= 4 is 0 Å². The first-order valence-electron chi connectivity index (χ1n) is 11.3. The Labute approximate surface area is 197 Å². The van der Waals surface area contributed by atoms with Gasteiger partial charge in [-0.15, -0.1) is 0 Å². The zero-order valence-corrected chi connectivity index (χ0v) is 22.5. The van der Waals surface area contributed by atoms with Crippen molar-refractivity contribution in [1.82, 2.24) is 38.7 Å². The van der Waals surface area contributed by atoms with Gasteiger partial charge in [-0.2, -0.15) is 10.2 Å². The molecule has 0 saturated heterocycles. The minimum atomic E-state index is 1.50. The smallest absolute Gasteiger partial charge is 0.137 e. The van der Waals surface area contributed by atoms with Gasteiger partial charge in [-0.05, 0) is 18.2 Å². The largest absolute Gasteiger partial charge is 0.357 e. The number of rotatable bonds is 0. The Morgan fingerprint density at radius 2 is 1.03 bits per heavy atom. The second-order valence-corrected chi connectivity index (χ2v) is 4.83. The molecule has 0 aliphatic carbocycles. The molecule has 0 spiro atoms. The van der Waals surface area contributed by atoms with Crippen LogP contribution in [0.1, 0.15) is 55.4 Å². The molecule has 0 aliphatic heterocycles. The lowest BCUT2D eigenvalue weighted by atomic mass is 10.7. The van der Waals surface area contributed by atoms with Gasteiger partial charge in [0.25, 0.3) is 0 Å². The van der Waals surface area contributed by atoms with Crippen molar-refractivity contribution in [3.63, 3.8) is 0 Å². The Bertz CT molecular complexity index is 569. The van der Waals surface area contributed by atoms with Gasteiger partial charge in [0.1, 0.15) is 12.7 Å². The lowest BCUT2D eigenvalue weighted by Crippen LogP contribution is -1.83. The van der Waals surface area contributed by atoms with Crippen LogP contribution < -0.4 is 0 Å². The summed E-state index contributed by atoms with van der Waals surface area (Å²) in [4.78, 5) is 7.46. The molecule has 8 heteroatoms. The third-order valence-corrected chi connectivity index (χ3v) is 2.56. The van der Waals surface area contributed by atoms with E-state index in [1.54, 1.807) is 34.4 Å². The second-order valence-electron chi connectivity index (χ2n) is 4.83. The molecular formula is C24H48N8. The van der Waals surface area contributed by atoms with Gasteiger partial charge < -0.3 is 9.13 Å². The Morgan fingerprint density at radius 3 is 1.16 bits per heavy atom. The Morgan fingerprint density at radius 1 is 0.469 bits per heavy atom. The number of imidazole rings is 1. The number of nitrogens with zero attached hydrogens (tertiary/aromatic N) is 8. The van der Waals surface area contributed by atoms with Crippen molar-refractivity contribution in [3.8, 4) is 0 Å². The van der Waals surface area contributed by atoms with Crippen LogP contribution in [0.4, 0.5) is 0 Å². The number of aryl methyl sites for hydroxylation is 4. The molecule has 0 bridgehead atoms. The molecule has 0 radical (unpaired) electrons. The fraction of sp³-hybridized carbons (Fsp3) is 0.500. The highest BCUT2D eigenvalue weighted by atomic mass is 15.3. The first kappa shape index (κ1) is 36.2. The number of hydrogen-bond acceptors (Lipinski definition) is 4. The summed E-state index contributed by atoms with van der Waals surface area (Å²) in [5, 5.41) is 7.56. The quantitative estimate of drug-likeness (QED) is 0.341. The van der Waals surface area contributed by atoms with E-state index in [0.29, 0.717) is 0 Å². The van der Waals surface area contributed by atoms with E-state index in [2.05, 4.69) is 20.2 Å². The van der Waals surface area contributed by atoms with Gasteiger partial charge in [0.2, 0.25) is 0 Å². The average Bonchev–Trinajstić information content (AvgIpc) is 3.67. The van der Waals surface area contributed by atoms with Gasteiger partial charge in [-0.1, -0.05) is 55.4 Å². The van der Waals surface area contributed by atoms with Crippen LogP contribution in [0.25, 0.3) is 0 Å². The van der Waals surface area contributed by atoms with E-state index in [4.69, 9.17) is 0 Å². The van der Waals surface area contributed by atoms with Crippen LogP contribution in [0.2, 0.25) is 0 Å². The molecule has 4 heterocycles. The maximum atomic E-state index is 3.83. The lowest BCUT2D eigenvalue weighted by molar-refractivity contribution is 0.765. The summed E-state index contributed by atoms with van der Waals surface area (Å²) in [5.41, 5.74) is 0. The molecule has 4 aromatic heterocycles. The van der Waals surface area contributed by atoms with E-state index in [-0.39, 0.29) is 0 Å². The maximum Gasteiger partial charge on any atom is 0.137 e. The molecule has 4 aromatic rings. The van der Waals surface area contributed by atoms with Gasteiger partial charge in [0, 0.05) is 65.4 Å². The minimum absolute atomic E-state index is 1.50. The van der Waals surface area contributed by atoms with Crippen molar-refractivity contribution in [2.24, 2.45) is 28.2 Å². The molecular weight excluding hydrogens is 400 g/mol.